The molecule has 1 aliphatic carbocycles. The first-order chi connectivity index (χ1) is 7.45. The summed E-state index contributed by atoms with van der Waals surface area (Å²) in [5.41, 5.74) is 5.32. The van der Waals surface area contributed by atoms with E-state index in [0.29, 0.717) is 0 Å². The van der Waals surface area contributed by atoms with Crippen molar-refractivity contribution in [3.8, 4) is 0 Å². The van der Waals surface area contributed by atoms with Gasteiger partial charge in [0.2, 0.25) is 0 Å². The molecule has 15 heavy (non-hydrogen) atoms. The van der Waals surface area contributed by atoms with Crippen molar-refractivity contribution in [1.29, 1.82) is 0 Å². The Morgan fingerprint density at radius 1 is 1.07 bits per heavy atom. The molecule has 1 aromatic carbocycles. The van der Waals surface area contributed by atoms with Crippen molar-refractivity contribution in [3.63, 3.8) is 0 Å². The van der Waals surface area contributed by atoms with Crippen LogP contribution in [0, 0.1) is 0 Å². The van der Waals surface area contributed by atoms with Gasteiger partial charge in [0.05, 0.1) is 5.70 Å². The summed E-state index contributed by atoms with van der Waals surface area (Å²) in [7, 11) is 0. The van der Waals surface area contributed by atoms with Crippen LogP contribution in [0.25, 0.3) is 11.8 Å². The van der Waals surface area contributed by atoms with Crippen LogP contribution in [-0.2, 0) is 0 Å². The minimum Gasteiger partial charge on any atom is -0.277 e. The number of nitrogens with one attached hydrogen (secondary N) is 1. The summed E-state index contributed by atoms with van der Waals surface area (Å²) < 4.78 is 0. The molecule has 1 aliphatic heterocycles. The number of benzene rings is 1. The van der Waals surface area contributed by atoms with E-state index < -0.39 is 0 Å². The van der Waals surface area contributed by atoms with Gasteiger partial charge in [0.15, 0.2) is 0 Å². The Hall–Kier alpha value is -2.09. The number of rotatable bonds is 0. The van der Waals surface area contributed by atoms with Crippen LogP contribution in [0.15, 0.2) is 53.2 Å². The van der Waals surface area contributed by atoms with Crippen LogP contribution >= 0.6 is 0 Å². The lowest BCUT2D eigenvalue weighted by molar-refractivity contribution is 0.982. The third-order valence-corrected chi connectivity index (χ3v) is 2.58. The molecule has 0 atom stereocenters. The highest BCUT2D eigenvalue weighted by Gasteiger charge is 2.07. The highest BCUT2D eigenvalue weighted by Crippen LogP contribution is 2.11. The Labute approximate surface area is 87.6 Å². The van der Waals surface area contributed by atoms with E-state index in [0.717, 1.165) is 5.70 Å². The Bertz CT molecular complexity index is 604. The second-order valence-corrected chi connectivity index (χ2v) is 3.50. The third-order valence-electron chi connectivity index (χ3n) is 2.58. The Kier molecular flexibility index (Phi) is 1.78. The highest BCUT2D eigenvalue weighted by molar-refractivity contribution is 5.84. The van der Waals surface area contributed by atoms with Crippen molar-refractivity contribution >= 4 is 18.0 Å². The van der Waals surface area contributed by atoms with Gasteiger partial charge >= 0.3 is 0 Å². The summed E-state index contributed by atoms with van der Waals surface area (Å²) >= 11 is 0. The predicted molar refractivity (Wildman–Crippen MR) is 62.4 cm³/mol. The first kappa shape index (κ1) is 8.24. The lowest BCUT2D eigenvalue weighted by atomic mass is 10.1. The standard InChI is InChI=1S/C13H10N2/c1-2-7-12-10(4-1)5-3-6-11-8-9-14-15-13(11)12/h1-9,15H. The third kappa shape index (κ3) is 1.31. The normalized spacial score (nSPS) is 16.8. The topological polar surface area (TPSA) is 24.4 Å². The van der Waals surface area contributed by atoms with Crippen LogP contribution in [0.2, 0.25) is 0 Å². The molecule has 1 aromatic rings. The van der Waals surface area contributed by atoms with Crippen molar-refractivity contribution in [2.75, 3.05) is 0 Å². The average Bonchev–Trinajstić information content (AvgIpc) is 2.48. The second kappa shape index (κ2) is 3.24. The fourth-order valence-corrected chi connectivity index (χ4v) is 1.85. The fourth-order valence-electron chi connectivity index (χ4n) is 1.85. The summed E-state index contributed by atoms with van der Waals surface area (Å²) in [4.78, 5) is 0. The van der Waals surface area contributed by atoms with Gasteiger partial charge in [-0.05, 0) is 11.3 Å². The number of allylic oxidation sites excluding steroid dienone is 2. The van der Waals surface area contributed by atoms with E-state index in [9.17, 15) is 0 Å². The molecule has 2 nitrogen and oxygen atoms in total. The van der Waals surface area contributed by atoms with Crippen LogP contribution in [0.3, 0.4) is 0 Å². The molecule has 0 radical (unpaired) electrons. The molecule has 1 heterocycles. The van der Waals surface area contributed by atoms with Gasteiger partial charge in [-0.3, -0.25) is 5.43 Å². The van der Waals surface area contributed by atoms with Gasteiger partial charge in [0.1, 0.15) is 0 Å². The molecular weight excluding hydrogens is 184 g/mol. The smallest absolute Gasteiger partial charge is 0.0713 e. The fraction of sp³-hybridized carbons (Fsp3) is 0. The largest absolute Gasteiger partial charge is 0.277 e. The van der Waals surface area contributed by atoms with E-state index in [4.69, 9.17) is 0 Å². The molecule has 0 saturated heterocycles. The van der Waals surface area contributed by atoms with Crippen LogP contribution in [-0.4, -0.2) is 6.21 Å². The highest BCUT2D eigenvalue weighted by atomic mass is 15.3. The maximum Gasteiger partial charge on any atom is 0.0713 e. The summed E-state index contributed by atoms with van der Waals surface area (Å²) in [5.74, 6) is 0. The molecule has 0 unspecified atom stereocenters. The first-order valence-electron chi connectivity index (χ1n) is 4.93. The molecule has 0 fully saturated rings. The number of hydrogen-bond donors (Lipinski definition) is 1. The van der Waals surface area contributed by atoms with Gasteiger partial charge in [-0.1, -0.05) is 42.5 Å². The molecule has 0 bridgehead atoms. The van der Waals surface area contributed by atoms with Crippen molar-refractivity contribution in [1.82, 2.24) is 5.43 Å². The van der Waals surface area contributed by atoms with Crippen LogP contribution < -0.4 is 15.9 Å². The zero-order chi connectivity index (χ0) is 10.1. The number of hydrazone groups is 1. The van der Waals surface area contributed by atoms with E-state index in [1.54, 1.807) is 6.21 Å². The zero-order valence-electron chi connectivity index (χ0n) is 8.14. The molecular formula is C13H10N2. The Balaban J connectivity index is 2.45. The molecule has 72 valence electrons. The zero-order valence-corrected chi connectivity index (χ0v) is 8.14. The Morgan fingerprint density at radius 3 is 3.00 bits per heavy atom. The Morgan fingerprint density at radius 2 is 2.00 bits per heavy atom. The number of nitrogens with zero attached hydrogens (tertiary/aromatic N) is 1. The van der Waals surface area contributed by atoms with Gasteiger partial charge in [-0.2, -0.15) is 5.10 Å². The minimum atomic E-state index is 1.08. The summed E-state index contributed by atoms with van der Waals surface area (Å²) in [6.45, 7) is 0. The minimum absolute atomic E-state index is 1.08. The van der Waals surface area contributed by atoms with Gasteiger partial charge < -0.3 is 0 Å². The summed E-state index contributed by atoms with van der Waals surface area (Å²) in [5, 5.41) is 6.48. The molecule has 2 heteroatoms. The average molecular weight is 194 g/mol. The van der Waals surface area contributed by atoms with E-state index >= 15 is 0 Å². The van der Waals surface area contributed by atoms with Crippen molar-refractivity contribution < 1.29 is 0 Å². The number of hydrogen-bond acceptors (Lipinski definition) is 2. The number of fused-ring (bicyclic) bond motifs is 2. The molecule has 0 saturated carbocycles. The van der Waals surface area contributed by atoms with E-state index in [1.807, 2.05) is 18.2 Å². The van der Waals surface area contributed by atoms with Gasteiger partial charge in [-0.15, -0.1) is 0 Å². The molecule has 3 rings (SSSR count). The second-order valence-electron chi connectivity index (χ2n) is 3.50. The predicted octanol–water partition coefficient (Wildman–Crippen LogP) is 0.661. The quantitative estimate of drug-likeness (QED) is 0.644. The molecule has 0 aromatic heterocycles. The van der Waals surface area contributed by atoms with Crippen molar-refractivity contribution in [2.24, 2.45) is 5.10 Å². The summed E-state index contributed by atoms with van der Waals surface area (Å²) in [6.07, 6.45) is 10.1. The SMILES string of the molecule is C1=CC2=CC=NNC2=c2ccccc2=C1. The van der Waals surface area contributed by atoms with Crippen LogP contribution in [0.1, 0.15) is 0 Å². The van der Waals surface area contributed by atoms with Crippen molar-refractivity contribution in [2.45, 2.75) is 0 Å². The van der Waals surface area contributed by atoms with Crippen LogP contribution in [0.4, 0.5) is 0 Å². The van der Waals surface area contributed by atoms with Crippen molar-refractivity contribution in [3.05, 3.63) is 58.5 Å². The van der Waals surface area contributed by atoms with Gasteiger partial charge in [0.25, 0.3) is 0 Å². The lowest BCUT2D eigenvalue weighted by Gasteiger charge is -2.10. The first-order valence-corrected chi connectivity index (χ1v) is 4.93. The summed E-state index contributed by atoms with van der Waals surface area (Å²) in [6, 6.07) is 8.30. The van der Waals surface area contributed by atoms with Gasteiger partial charge in [-0.25, -0.2) is 0 Å². The maximum absolute atomic E-state index is 4.07. The monoisotopic (exact) mass is 194 g/mol. The lowest BCUT2D eigenvalue weighted by Crippen LogP contribution is -2.30. The molecule has 0 spiro atoms. The van der Waals surface area contributed by atoms with E-state index in [-0.39, 0.29) is 0 Å². The molecule has 0 amide bonds. The maximum atomic E-state index is 4.07. The van der Waals surface area contributed by atoms with Gasteiger partial charge in [0, 0.05) is 17.0 Å². The van der Waals surface area contributed by atoms with Crippen LogP contribution in [0.5, 0.6) is 0 Å². The molecule has 1 N–H and O–H groups in total. The van der Waals surface area contributed by atoms with E-state index in [1.165, 1.54) is 16.0 Å². The molecule has 2 aliphatic rings. The van der Waals surface area contributed by atoms with E-state index in [2.05, 4.69) is 40.9 Å².